The maximum atomic E-state index is 12.8. The molecule has 6 nitrogen and oxygen atoms in total. The van der Waals surface area contributed by atoms with E-state index in [1.165, 1.54) is 32.1 Å². The number of ether oxygens (including phenoxy) is 3. The molecule has 0 fully saturated rings. The molecule has 6 heteroatoms. The van der Waals surface area contributed by atoms with E-state index in [0.29, 0.717) is 19.3 Å². The van der Waals surface area contributed by atoms with Gasteiger partial charge in [-0.2, -0.15) is 0 Å². The van der Waals surface area contributed by atoms with E-state index < -0.39 is 6.10 Å². The van der Waals surface area contributed by atoms with Gasteiger partial charge in [-0.15, -0.1) is 0 Å². The molecule has 0 aliphatic rings. The van der Waals surface area contributed by atoms with Crippen LogP contribution in [-0.4, -0.2) is 37.2 Å². The minimum absolute atomic E-state index is 0.0987. The van der Waals surface area contributed by atoms with Gasteiger partial charge in [-0.1, -0.05) is 195 Å². The molecule has 0 aromatic rings. The summed E-state index contributed by atoms with van der Waals surface area (Å²) in [4.78, 5) is 38.0. The predicted molar refractivity (Wildman–Crippen MR) is 274 cm³/mol. The molecule has 1 atom stereocenters. The van der Waals surface area contributed by atoms with Crippen molar-refractivity contribution in [1.82, 2.24) is 0 Å². The Kier molecular flexibility index (Phi) is 49.0. The lowest BCUT2D eigenvalue weighted by Crippen LogP contribution is -2.30. The Morgan fingerprint density at radius 2 is 0.609 bits per heavy atom. The van der Waals surface area contributed by atoms with Crippen molar-refractivity contribution in [2.45, 2.75) is 239 Å². The molecule has 64 heavy (non-hydrogen) atoms. The average molecular weight is 889 g/mol. The van der Waals surface area contributed by atoms with Gasteiger partial charge in [0.05, 0.1) is 0 Å². The summed E-state index contributed by atoms with van der Waals surface area (Å²) >= 11 is 0. The largest absolute Gasteiger partial charge is 0.462 e. The van der Waals surface area contributed by atoms with Crippen LogP contribution in [0.1, 0.15) is 233 Å². The van der Waals surface area contributed by atoms with Crippen LogP contribution in [0.4, 0.5) is 0 Å². The lowest BCUT2D eigenvalue weighted by molar-refractivity contribution is -0.167. The van der Waals surface area contributed by atoms with Gasteiger partial charge >= 0.3 is 17.9 Å². The highest BCUT2D eigenvalue weighted by Gasteiger charge is 2.19. The topological polar surface area (TPSA) is 78.9 Å². The number of allylic oxidation sites excluding steroid dienone is 16. The molecule has 0 saturated heterocycles. The van der Waals surface area contributed by atoms with Crippen molar-refractivity contribution in [3.63, 3.8) is 0 Å². The SMILES string of the molecule is CC/C=C\C/C=C\C/C=C\CCCCCCCC(=O)OCC(COC(=O)CCCCCCC/C=C\C/C=C\CCCCCC)OC(=O)CCCCCCC/C=C\C/C=C\C/C=C\CC. The van der Waals surface area contributed by atoms with Gasteiger partial charge in [0, 0.05) is 19.3 Å². The van der Waals surface area contributed by atoms with Gasteiger partial charge < -0.3 is 14.2 Å². The van der Waals surface area contributed by atoms with Gasteiger partial charge in [-0.25, -0.2) is 0 Å². The summed E-state index contributed by atoms with van der Waals surface area (Å²) in [6, 6.07) is 0. The average Bonchev–Trinajstić information content (AvgIpc) is 3.29. The number of hydrogen-bond acceptors (Lipinski definition) is 6. The van der Waals surface area contributed by atoms with E-state index in [1.807, 2.05) is 0 Å². The van der Waals surface area contributed by atoms with Crippen molar-refractivity contribution >= 4 is 17.9 Å². The zero-order valence-electron chi connectivity index (χ0n) is 41.5. The molecule has 0 aliphatic heterocycles. The van der Waals surface area contributed by atoms with Crippen LogP contribution < -0.4 is 0 Å². The number of carbonyl (C=O) groups excluding carboxylic acids is 3. The van der Waals surface area contributed by atoms with Crippen LogP contribution in [0, 0.1) is 0 Å². The fraction of sp³-hybridized carbons (Fsp3) is 0.672. The number of esters is 3. The molecule has 0 aromatic carbocycles. The first-order chi connectivity index (χ1) is 31.5. The van der Waals surface area contributed by atoms with E-state index in [9.17, 15) is 14.4 Å². The monoisotopic (exact) mass is 889 g/mol. The standard InChI is InChI=1S/C58H96O6/c1-4-7-10-13-16-19-22-25-28-31-33-36-39-42-45-48-51-57(60)63-54-55(64-58(61)52-49-46-43-40-37-34-30-27-24-21-18-15-12-9-6-3)53-62-56(59)50-47-44-41-38-35-32-29-26-23-20-17-14-11-8-5-2/h8-9,11-12,17-22,26-31,55H,4-7,10,13-16,23-25,32-54H2,1-3H3/b11-8-,12-9-,20-17-,21-18-,22-19-,29-26-,30-27-,31-28-. The van der Waals surface area contributed by atoms with E-state index >= 15 is 0 Å². The van der Waals surface area contributed by atoms with Crippen molar-refractivity contribution in [1.29, 1.82) is 0 Å². The zero-order chi connectivity index (χ0) is 46.5. The highest BCUT2D eigenvalue weighted by Crippen LogP contribution is 2.13. The van der Waals surface area contributed by atoms with E-state index in [0.717, 1.165) is 161 Å². The summed E-state index contributed by atoms with van der Waals surface area (Å²) in [7, 11) is 0. The van der Waals surface area contributed by atoms with E-state index in [1.54, 1.807) is 0 Å². The summed E-state index contributed by atoms with van der Waals surface area (Å²) in [5.41, 5.74) is 0. The highest BCUT2D eigenvalue weighted by atomic mass is 16.6. The molecular weight excluding hydrogens is 793 g/mol. The molecule has 0 aliphatic carbocycles. The van der Waals surface area contributed by atoms with Crippen molar-refractivity contribution in [2.75, 3.05) is 13.2 Å². The Bertz CT molecular complexity index is 1300. The third-order valence-corrected chi connectivity index (χ3v) is 10.8. The van der Waals surface area contributed by atoms with Crippen LogP contribution in [0.3, 0.4) is 0 Å². The summed E-state index contributed by atoms with van der Waals surface area (Å²) in [6.07, 6.45) is 68.1. The molecule has 0 amide bonds. The minimum atomic E-state index is -0.800. The molecule has 364 valence electrons. The predicted octanol–water partition coefficient (Wildman–Crippen LogP) is 17.4. The fourth-order valence-electron chi connectivity index (χ4n) is 6.91. The summed E-state index contributed by atoms with van der Waals surface area (Å²) < 4.78 is 16.8. The zero-order valence-corrected chi connectivity index (χ0v) is 41.5. The summed E-state index contributed by atoms with van der Waals surface area (Å²) in [6.45, 7) is 6.35. The normalized spacial score (nSPS) is 12.9. The van der Waals surface area contributed by atoms with Crippen molar-refractivity contribution in [2.24, 2.45) is 0 Å². The van der Waals surface area contributed by atoms with E-state index in [4.69, 9.17) is 14.2 Å². The first-order valence-electron chi connectivity index (χ1n) is 26.2. The van der Waals surface area contributed by atoms with Gasteiger partial charge in [0.1, 0.15) is 13.2 Å². The Hall–Kier alpha value is -3.67. The Labute approximate surface area is 394 Å². The quantitative estimate of drug-likeness (QED) is 0.0262. The second-order valence-corrected chi connectivity index (χ2v) is 17.0. The van der Waals surface area contributed by atoms with Crippen molar-refractivity contribution < 1.29 is 28.6 Å². The van der Waals surface area contributed by atoms with Crippen LogP contribution in [-0.2, 0) is 28.6 Å². The Balaban J connectivity index is 4.48. The number of carbonyl (C=O) groups is 3. The third-order valence-electron chi connectivity index (χ3n) is 10.8. The van der Waals surface area contributed by atoms with Gasteiger partial charge in [0.25, 0.3) is 0 Å². The first kappa shape index (κ1) is 60.3. The third kappa shape index (κ3) is 49.3. The maximum Gasteiger partial charge on any atom is 0.306 e. The van der Waals surface area contributed by atoms with Gasteiger partial charge in [0.15, 0.2) is 6.10 Å². The van der Waals surface area contributed by atoms with Gasteiger partial charge in [-0.3, -0.25) is 14.4 Å². The molecule has 0 radical (unpaired) electrons. The number of rotatable bonds is 46. The molecule has 0 aromatic heterocycles. The Morgan fingerprint density at radius 1 is 0.328 bits per heavy atom. The molecular formula is C58H96O6. The van der Waals surface area contributed by atoms with Crippen molar-refractivity contribution in [3.8, 4) is 0 Å². The highest BCUT2D eigenvalue weighted by molar-refractivity contribution is 5.71. The first-order valence-corrected chi connectivity index (χ1v) is 26.2. The van der Waals surface area contributed by atoms with Crippen LogP contribution >= 0.6 is 0 Å². The van der Waals surface area contributed by atoms with Crippen LogP contribution in [0.5, 0.6) is 0 Å². The molecule has 0 saturated carbocycles. The second kappa shape index (κ2) is 52.0. The number of hydrogen-bond donors (Lipinski definition) is 0. The van der Waals surface area contributed by atoms with Gasteiger partial charge in [0.2, 0.25) is 0 Å². The Morgan fingerprint density at radius 3 is 0.953 bits per heavy atom. The fourth-order valence-corrected chi connectivity index (χ4v) is 6.91. The smallest absolute Gasteiger partial charge is 0.306 e. The lowest BCUT2D eigenvalue weighted by atomic mass is 10.1. The van der Waals surface area contributed by atoms with E-state index in [2.05, 4.69) is 118 Å². The molecule has 1 unspecified atom stereocenters. The van der Waals surface area contributed by atoms with Crippen molar-refractivity contribution in [3.05, 3.63) is 97.2 Å². The van der Waals surface area contributed by atoms with Crippen LogP contribution in [0.25, 0.3) is 0 Å². The molecule has 0 rings (SSSR count). The molecule has 0 N–H and O–H groups in total. The number of unbranched alkanes of at least 4 members (excludes halogenated alkanes) is 19. The summed E-state index contributed by atoms with van der Waals surface area (Å²) in [5, 5.41) is 0. The summed E-state index contributed by atoms with van der Waals surface area (Å²) in [5.74, 6) is -0.948. The van der Waals surface area contributed by atoms with Crippen LogP contribution in [0.15, 0.2) is 97.2 Å². The lowest BCUT2D eigenvalue weighted by Gasteiger charge is -2.18. The second-order valence-electron chi connectivity index (χ2n) is 17.0. The minimum Gasteiger partial charge on any atom is -0.462 e. The molecule has 0 spiro atoms. The van der Waals surface area contributed by atoms with Gasteiger partial charge in [-0.05, 0) is 116 Å². The maximum absolute atomic E-state index is 12.8. The van der Waals surface area contributed by atoms with Crippen LogP contribution in [0.2, 0.25) is 0 Å². The molecule has 0 bridgehead atoms. The molecule has 0 heterocycles. The van der Waals surface area contributed by atoms with E-state index in [-0.39, 0.29) is 31.1 Å².